The number of aromatic nitrogens is 2. The van der Waals surface area contributed by atoms with Crippen molar-refractivity contribution < 1.29 is 4.39 Å². The monoisotopic (exact) mass is 290 g/mol. The van der Waals surface area contributed by atoms with Gasteiger partial charge >= 0.3 is 0 Å². The van der Waals surface area contributed by atoms with Crippen LogP contribution in [-0.4, -0.2) is 10.2 Å². The maximum atomic E-state index is 12.8. The van der Waals surface area contributed by atoms with Crippen LogP contribution in [0, 0.1) is 9.52 Å². The smallest absolute Gasteiger partial charge is 0.221 e. The molecular formula is C8H4FIN2O. The van der Waals surface area contributed by atoms with Crippen LogP contribution in [0.3, 0.4) is 0 Å². The van der Waals surface area contributed by atoms with Gasteiger partial charge in [-0.3, -0.25) is 9.89 Å². The molecule has 0 aliphatic carbocycles. The first-order valence-electron chi connectivity index (χ1n) is 3.52. The molecule has 0 saturated carbocycles. The van der Waals surface area contributed by atoms with Gasteiger partial charge in [-0.25, -0.2) is 4.39 Å². The number of aromatic amines is 1. The summed E-state index contributed by atoms with van der Waals surface area (Å²) >= 11 is 1.81. The van der Waals surface area contributed by atoms with Gasteiger partial charge in [0.1, 0.15) is 5.82 Å². The summed E-state index contributed by atoms with van der Waals surface area (Å²) in [4.78, 5) is 11.4. The molecule has 0 atom stereocenters. The van der Waals surface area contributed by atoms with Gasteiger partial charge in [-0.05, 0) is 40.8 Å². The van der Waals surface area contributed by atoms with Gasteiger partial charge < -0.3 is 0 Å². The third kappa shape index (κ3) is 1.43. The van der Waals surface area contributed by atoms with E-state index in [9.17, 15) is 9.18 Å². The van der Waals surface area contributed by atoms with Crippen molar-refractivity contribution in [2.24, 2.45) is 0 Å². The molecule has 0 bridgehead atoms. The molecule has 1 N–H and O–H groups in total. The number of hydrogen-bond donors (Lipinski definition) is 1. The van der Waals surface area contributed by atoms with Gasteiger partial charge in [-0.2, -0.15) is 5.10 Å². The van der Waals surface area contributed by atoms with Crippen LogP contribution in [0.1, 0.15) is 0 Å². The molecule has 1 aromatic heterocycles. The van der Waals surface area contributed by atoms with E-state index in [0.717, 1.165) is 0 Å². The summed E-state index contributed by atoms with van der Waals surface area (Å²) in [6.45, 7) is 0. The van der Waals surface area contributed by atoms with Crippen LogP contribution in [0.15, 0.2) is 23.0 Å². The highest BCUT2D eigenvalue weighted by molar-refractivity contribution is 14.1. The van der Waals surface area contributed by atoms with Crippen LogP contribution >= 0.6 is 22.6 Å². The van der Waals surface area contributed by atoms with Crippen LogP contribution in [0.5, 0.6) is 0 Å². The van der Waals surface area contributed by atoms with Crippen LogP contribution < -0.4 is 5.43 Å². The van der Waals surface area contributed by atoms with Crippen LogP contribution in [0.25, 0.3) is 10.9 Å². The number of H-pyrrole nitrogens is 1. The Hall–Kier alpha value is -0.980. The van der Waals surface area contributed by atoms with Gasteiger partial charge in [-0.15, -0.1) is 0 Å². The normalized spacial score (nSPS) is 10.6. The predicted molar refractivity (Wildman–Crippen MR) is 55.0 cm³/mol. The van der Waals surface area contributed by atoms with E-state index in [-0.39, 0.29) is 5.43 Å². The number of halogens is 2. The highest BCUT2D eigenvalue weighted by atomic mass is 127. The Morgan fingerprint density at radius 3 is 3.00 bits per heavy atom. The van der Waals surface area contributed by atoms with E-state index in [2.05, 4.69) is 10.2 Å². The lowest BCUT2D eigenvalue weighted by molar-refractivity contribution is 0.629. The predicted octanol–water partition coefficient (Wildman–Crippen LogP) is 1.67. The van der Waals surface area contributed by atoms with Gasteiger partial charge in [0.25, 0.3) is 0 Å². The Kier molecular flexibility index (Phi) is 2.03. The lowest BCUT2D eigenvalue weighted by atomic mass is 10.2. The lowest BCUT2D eigenvalue weighted by Crippen LogP contribution is -2.09. The molecule has 0 amide bonds. The average molecular weight is 290 g/mol. The molecular weight excluding hydrogens is 286 g/mol. The highest BCUT2D eigenvalue weighted by Gasteiger charge is 2.04. The molecule has 1 heterocycles. The number of fused-ring (bicyclic) bond motifs is 1. The highest BCUT2D eigenvalue weighted by Crippen LogP contribution is 2.09. The molecule has 13 heavy (non-hydrogen) atoms. The molecule has 0 fully saturated rings. The molecule has 0 radical (unpaired) electrons. The topological polar surface area (TPSA) is 45.8 Å². The molecule has 0 spiro atoms. The van der Waals surface area contributed by atoms with E-state index >= 15 is 0 Å². The number of nitrogens with one attached hydrogen (secondary N) is 1. The molecule has 5 heteroatoms. The van der Waals surface area contributed by atoms with Crippen LogP contribution in [0.4, 0.5) is 4.39 Å². The molecule has 2 rings (SSSR count). The van der Waals surface area contributed by atoms with Crippen molar-refractivity contribution in [2.75, 3.05) is 0 Å². The number of nitrogens with zero attached hydrogens (tertiary/aromatic N) is 1. The Morgan fingerprint density at radius 1 is 1.46 bits per heavy atom. The fraction of sp³-hybridized carbons (Fsp3) is 0. The van der Waals surface area contributed by atoms with Crippen molar-refractivity contribution >= 4 is 33.5 Å². The second kappa shape index (κ2) is 3.06. The van der Waals surface area contributed by atoms with E-state index in [1.807, 2.05) is 0 Å². The first-order valence-corrected chi connectivity index (χ1v) is 4.60. The molecule has 2 aromatic rings. The van der Waals surface area contributed by atoms with E-state index < -0.39 is 5.82 Å². The van der Waals surface area contributed by atoms with Crippen LogP contribution in [0.2, 0.25) is 0 Å². The summed E-state index contributed by atoms with van der Waals surface area (Å²) in [7, 11) is 0. The maximum Gasteiger partial charge on any atom is 0.221 e. The fourth-order valence-corrected chi connectivity index (χ4v) is 1.48. The quantitative estimate of drug-likeness (QED) is 0.750. The largest absolute Gasteiger partial charge is 0.286 e. The zero-order valence-electron chi connectivity index (χ0n) is 6.34. The van der Waals surface area contributed by atoms with Crippen molar-refractivity contribution in [1.82, 2.24) is 10.2 Å². The zero-order valence-corrected chi connectivity index (χ0v) is 8.50. The van der Waals surface area contributed by atoms with Crippen molar-refractivity contribution in [3.8, 4) is 0 Å². The zero-order chi connectivity index (χ0) is 9.42. The summed E-state index contributed by atoms with van der Waals surface area (Å²) in [6.07, 6.45) is 0. The minimum Gasteiger partial charge on any atom is -0.286 e. The van der Waals surface area contributed by atoms with Gasteiger partial charge in [0.05, 0.1) is 10.9 Å². The minimum atomic E-state index is -0.417. The van der Waals surface area contributed by atoms with Crippen molar-refractivity contribution in [3.63, 3.8) is 0 Å². The number of hydrogen-bond acceptors (Lipinski definition) is 2. The molecule has 0 saturated heterocycles. The maximum absolute atomic E-state index is 12.8. The fourth-order valence-electron chi connectivity index (χ4n) is 1.07. The Bertz CT molecular complexity index is 518. The lowest BCUT2D eigenvalue weighted by Gasteiger charge is -1.96. The summed E-state index contributed by atoms with van der Waals surface area (Å²) in [6, 6.07) is 3.99. The van der Waals surface area contributed by atoms with Gasteiger partial charge in [0, 0.05) is 0 Å². The Labute approximate surface area is 86.1 Å². The molecule has 0 unspecified atom stereocenters. The molecule has 0 aliphatic heterocycles. The summed E-state index contributed by atoms with van der Waals surface area (Å²) in [5, 5.41) is 6.76. The van der Waals surface area contributed by atoms with Crippen molar-refractivity contribution in [3.05, 3.63) is 37.9 Å². The molecule has 3 nitrogen and oxygen atoms in total. The van der Waals surface area contributed by atoms with Gasteiger partial charge in [0.15, 0.2) is 3.70 Å². The Balaban J connectivity index is 2.97. The number of rotatable bonds is 0. The second-order valence-electron chi connectivity index (χ2n) is 2.53. The average Bonchev–Trinajstić information content (AvgIpc) is 2.12. The first-order chi connectivity index (χ1) is 6.18. The SMILES string of the molecule is O=c1c(I)n[nH]c2ccc(F)cc12. The standard InChI is InChI=1S/C8H4FIN2O/c9-4-1-2-6-5(3-4)7(13)8(10)12-11-6/h1-3H,(H,11,13). The van der Waals surface area contributed by atoms with E-state index in [4.69, 9.17) is 0 Å². The van der Waals surface area contributed by atoms with E-state index in [1.54, 1.807) is 22.6 Å². The van der Waals surface area contributed by atoms with Crippen LogP contribution in [-0.2, 0) is 0 Å². The number of benzene rings is 1. The second-order valence-corrected chi connectivity index (χ2v) is 3.56. The van der Waals surface area contributed by atoms with Crippen molar-refractivity contribution in [1.29, 1.82) is 0 Å². The van der Waals surface area contributed by atoms with Crippen molar-refractivity contribution in [2.45, 2.75) is 0 Å². The van der Waals surface area contributed by atoms with E-state index in [1.165, 1.54) is 18.2 Å². The molecule has 66 valence electrons. The van der Waals surface area contributed by atoms with Gasteiger partial charge in [-0.1, -0.05) is 0 Å². The third-order valence-corrected chi connectivity index (χ3v) is 2.42. The molecule has 1 aromatic carbocycles. The summed E-state index contributed by atoms with van der Waals surface area (Å²) < 4.78 is 13.1. The molecule has 0 aliphatic rings. The van der Waals surface area contributed by atoms with E-state index in [0.29, 0.717) is 14.6 Å². The Morgan fingerprint density at radius 2 is 2.23 bits per heavy atom. The summed E-state index contributed by atoms with van der Waals surface area (Å²) in [5.74, 6) is -0.417. The first kappa shape index (κ1) is 8.61. The summed E-state index contributed by atoms with van der Waals surface area (Å²) in [5.41, 5.74) is 0.306. The third-order valence-electron chi connectivity index (χ3n) is 1.69. The van der Waals surface area contributed by atoms with Gasteiger partial charge in [0.2, 0.25) is 5.43 Å². The minimum absolute atomic E-state index is 0.242.